The molecule has 1 saturated heterocycles. The van der Waals surface area contributed by atoms with E-state index in [0.29, 0.717) is 29.5 Å². The zero-order valence-corrected chi connectivity index (χ0v) is 17.7. The van der Waals surface area contributed by atoms with Crippen LogP contribution >= 0.6 is 11.6 Å². The summed E-state index contributed by atoms with van der Waals surface area (Å²) in [6.45, 7) is 1.91. The molecule has 0 aliphatic carbocycles. The molecule has 1 fully saturated rings. The molecule has 5 rings (SSSR count). The van der Waals surface area contributed by atoms with Crippen LogP contribution in [0.1, 0.15) is 29.2 Å². The number of halogens is 1. The maximum absolute atomic E-state index is 10.7. The molecule has 0 aromatic heterocycles. The molecule has 2 aromatic rings. The van der Waals surface area contributed by atoms with Gasteiger partial charge in [0.2, 0.25) is 5.72 Å². The maximum Gasteiger partial charge on any atom is 0.228 e. The average Bonchev–Trinajstić information content (AvgIpc) is 3.36. The summed E-state index contributed by atoms with van der Waals surface area (Å²) in [5.74, 6) is 1.27. The fourth-order valence-corrected chi connectivity index (χ4v) is 4.81. The Kier molecular flexibility index (Phi) is 5.19. The summed E-state index contributed by atoms with van der Waals surface area (Å²) in [6, 6.07) is 11.6. The lowest BCUT2D eigenvalue weighted by atomic mass is 9.85. The van der Waals surface area contributed by atoms with E-state index in [1.165, 1.54) is 5.56 Å². The number of rotatable bonds is 4. The number of aliphatic hydroxyl groups excluding tert-OH is 3. The van der Waals surface area contributed by atoms with Gasteiger partial charge >= 0.3 is 0 Å². The summed E-state index contributed by atoms with van der Waals surface area (Å²) in [4.78, 5) is 4.55. The van der Waals surface area contributed by atoms with Gasteiger partial charge in [0.05, 0.1) is 13.2 Å². The summed E-state index contributed by atoms with van der Waals surface area (Å²) in [5, 5.41) is 31.3. The van der Waals surface area contributed by atoms with Crippen LogP contribution in [-0.2, 0) is 28.0 Å². The van der Waals surface area contributed by atoms with E-state index in [9.17, 15) is 15.3 Å². The Labute approximate surface area is 184 Å². The minimum Gasteiger partial charge on any atom is -0.493 e. The summed E-state index contributed by atoms with van der Waals surface area (Å²) in [7, 11) is 0. The van der Waals surface area contributed by atoms with Gasteiger partial charge in [-0.1, -0.05) is 29.8 Å². The highest BCUT2D eigenvalue weighted by molar-refractivity contribution is 6.31. The predicted octanol–water partition coefficient (Wildman–Crippen LogP) is 1.95. The van der Waals surface area contributed by atoms with Crippen molar-refractivity contribution < 1.29 is 29.5 Å². The maximum atomic E-state index is 10.7. The zero-order valence-electron chi connectivity index (χ0n) is 17.0. The van der Waals surface area contributed by atoms with Crippen LogP contribution in [0, 0.1) is 0 Å². The molecule has 3 heterocycles. The van der Waals surface area contributed by atoms with Crippen molar-refractivity contribution in [3.8, 4) is 5.75 Å². The van der Waals surface area contributed by atoms with Crippen LogP contribution < -0.4 is 4.74 Å². The first kappa shape index (κ1) is 20.7. The van der Waals surface area contributed by atoms with Gasteiger partial charge in [-0.25, -0.2) is 4.99 Å². The molecule has 0 saturated carbocycles. The van der Waals surface area contributed by atoms with Crippen LogP contribution in [0.25, 0.3) is 0 Å². The Morgan fingerprint density at radius 3 is 2.81 bits per heavy atom. The highest BCUT2D eigenvalue weighted by atomic mass is 35.5. The van der Waals surface area contributed by atoms with Gasteiger partial charge in [-0.05, 0) is 41.3 Å². The molecule has 31 heavy (non-hydrogen) atoms. The molecule has 3 N–H and O–H groups in total. The fraction of sp³-hybridized carbons (Fsp3) is 0.435. The normalized spacial score (nSPS) is 31.5. The van der Waals surface area contributed by atoms with E-state index in [1.807, 2.05) is 18.2 Å². The fourth-order valence-electron chi connectivity index (χ4n) is 4.63. The van der Waals surface area contributed by atoms with E-state index < -0.39 is 36.7 Å². The van der Waals surface area contributed by atoms with Crippen LogP contribution in [0.3, 0.4) is 0 Å². The number of ether oxygens (including phenoxy) is 3. The minimum atomic E-state index is -1.37. The molecule has 5 atom stereocenters. The largest absolute Gasteiger partial charge is 0.493 e. The lowest BCUT2D eigenvalue weighted by Crippen LogP contribution is -2.61. The van der Waals surface area contributed by atoms with E-state index in [4.69, 9.17) is 25.8 Å². The van der Waals surface area contributed by atoms with Gasteiger partial charge in [-0.15, -0.1) is 0 Å². The number of aliphatic imine (C=N–C) groups is 1. The Morgan fingerprint density at radius 1 is 1.16 bits per heavy atom. The first-order valence-corrected chi connectivity index (χ1v) is 10.7. The van der Waals surface area contributed by atoms with Crippen LogP contribution in [0.4, 0.5) is 0 Å². The number of nitrogens with zero attached hydrogens (tertiary/aromatic N) is 1. The molecular formula is C23H24ClNO6. The van der Waals surface area contributed by atoms with Gasteiger partial charge in [0.1, 0.15) is 24.1 Å². The van der Waals surface area contributed by atoms with Crippen molar-refractivity contribution in [1.82, 2.24) is 0 Å². The van der Waals surface area contributed by atoms with Crippen LogP contribution in [0.5, 0.6) is 5.75 Å². The molecule has 7 nitrogen and oxygen atoms in total. The van der Waals surface area contributed by atoms with E-state index in [-0.39, 0.29) is 0 Å². The van der Waals surface area contributed by atoms with E-state index in [1.54, 1.807) is 19.1 Å². The van der Waals surface area contributed by atoms with Crippen molar-refractivity contribution in [2.45, 2.75) is 49.9 Å². The molecule has 2 unspecified atom stereocenters. The quantitative estimate of drug-likeness (QED) is 0.665. The number of hydrogen-bond acceptors (Lipinski definition) is 7. The lowest BCUT2D eigenvalue weighted by Gasteiger charge is -2.44. The van der Waals surface area contributed by atoms with Gasteiger partial charge in [-0.3, -0.25) is 0 Å². The van der Waals surface area contributed by atoms with Gasteiger partial charge in [-0.2, -0.15) is 0 Å². The van der Waals surface area contributed by atoms with Gasteiger partial charge in [0, 0.05) is 23.9 Å². The topological polar surface area (TPSA) is 101 Å². The third-order valence-electron chi connectivity index (χ3n) is 6.17. The molecule has 0 bridgehead atoms. The number of benzene rings is 2. The molecular weight excluding hydrogens is 422 g/mol. The van der Waals surface area contributed by atoms with Crippen molar-refractivity contribution in [3.05, 3.63) is 63.7 Å². The molecule has 0 spiro atoms. The summed E-state index contributed by atoms with van der Waals surface area (Å²) >= 11 is 6.52. The molecule has 3 aliphatic heterocycles. The third-order valence-corrected chi connectivity index (χ3v) is 6.54. The first-order chi connectivity index (χ1) is 14.9. The zero-order chi connectivity index (χ0) is 21.8. The van der Waals surface area contributed by atoms with Crippen LogP contribution in [-0.4, -0.2) is 58.8 Å². The average molecular weight is 446 g/mol. The standard InChI is InChI=1S/C23H24ClNO6/c1-12-25-23(22(30-12)21(28)20(27)19(11-26)31-23)16-3-4-17(24)15(10-16)9-13-2-5-18-14(8-13)6-7-29-18/h2-5,8,10,19-22,26-28H,6-7,9,11H2,1H3/t19-,20-,21+,22?,23?/m1/s1. The van der Waals surface area contributed by atoms with Crippen molar-refractivity contribution in [1.29, 1.82) is 0 Å². The van der Waals surface area contributed by atoms with Gasteiger partial charge in [0.25, 0.3) is 0 Å². The second-order valence-corrected chi connectivity index (χ2v) is 8.62. The lowest BCUT2D eigenvalue weighted by molar-refractivity contribution is -0.262. The van der Waals surface area contributed by atoms with Gasteiger partial charge in [0.15, 0.2) is 12.0 Å². The Bertz CT molecular complexity index is 1040. The number of hydrogen-bond donors (Lipinski definition) is 3. The molecule has 3 aliphatic rings. The first-order valence-electron chi connectivity index (χ1n) is 10.3. The summed E-state index contributed by atoms with van der Waals surface area (Å²) < 4.78 is 17.4. The second kappa shape index (κ2) is 7.76. The molecule has 0 radical (unpaired) electrons. The van der Waals surface area contributed by atoms with Crippen molar-refractivity contribution >= 4 is 17.5 Å². The summed E-state index contributed by atoms with van der Waals surface area (Å²) in [6.07, 6.45) is -3.01. The van der Waals surface area contributed by atoms with Crippen LogP contribution in [0.15, 0.2) is 41.4 Å². The van der Waals surface area contributed by atoms with Crippen molar-refractivity contribution in [2.24, 2.45) is 4.99 Å². The second-order valence-electron chi connectivity index (χ2n) is 8.21. The van der Waals surface area contributed by atoms with Crippen molar-refractivity contribution in [3.63, 3.8) is 0 Å². The molecule has 2 aromatic carbocycles. The molecule has 8 heteroatoms. The van der Waals surface area contributed by atoms with E-state index in [0.717, 1.165) is 23.3 Å². The Hall–Kier alpha value is -2.16. The smallest absolute Gasteiger partial charge is 0.228 e. The summed E-state index contributed by atoms with van der Waals surface area (Å²) in [5.41, 5.74) is 2.43. The van der Waals surface area contributed by atoms with E-state index >= 15 is 0 Å². The number of aliphatic hydroxyl groups is 3. The SMILES string of the molecule is CC1=NC2(c3ccc(Cl)c(Cc4ccc5c(c4)CCO5)c3)O[C@H](CO)[C@@H](O)[C@H](O)C2O1. The Balaban J connectivity index is 1.53. The molecule has 164 valence electrons. The van der Waals surface area contributed by atoms with Gasteiger partial charge < -0.3 is 29.5 Å². The van der Waals surface area contributed by atoms with E-state index in [2.05, 4.69) is 11.1 Å². The highest BCUT2D eigenvalue weighted by Gasteiger charge is 2.59. The third kappa shape index (κ3) is 3.41. The molecule has 0 amide bonds. The monoisotopic (exact) mass is 445 g/mol. The number of fused-ring (bicyclic) bond motifs is 2. The highest BCUT2D eigenvalue weighted by Crippen LogP contribution is 2.45. The van der Waals surface area contributed by atoms with Crippen molar-refractivity contribution in [2.75, 3.05) is 13.2 Å². The Morgan fingerprint density at radius 2 is 2.00 bits per heavy atom. The van der Waals surface area contributed by atoms with Crippen LogP contribution in [0.2, 0.25) is 5.02 Å². The minimum absolute atomic E-state index is 0.338. The predicted molar refractivity (Wildman–Crippen MR) is 114 cm³/mol.